The summed E-state index contributed by atoms with van der Waals surface area (Å²) >= 11 is 0. The molecule has 1 aromatic carbocycles. The van der Waals surface area contributed by atoms with Gasteiger partial charge in [-0.1, -0.05) is 18.2 Å². The molecule has 0 spiro atoms. The maximum atomic E-state index is 12.1. The molecule has 2 aliphatic heterocycles. The molecule has 0 bridgehead atoms. The minimum atomic E-state index is -3.17. The SMILES string of the molecule is CCS(=O)(=O)N1C[C@@H]2[C@@H](CNC(=O)c3ccccc3)CO[C@@H]2C1. The van der Waals surface area contributed by atoms with Gasteiger partial charge in [-0.2, -0.15) is 4.31 Å². The van der Waals surface area contributed by atoms with Gasteiger partial charge in [0.25, 0.3) is 5.91 Å². The monoisotopic (exact) mass is 338 g/mol. The Morgan fingerprint density at radius 2 is 2.04 bits per heavy atom. The number of hydrogen-bond acceptors (Lipinski definition) is 4. The zero-order valence-corrected chi connectivity index (χ0v) is 14.0. The Balaban J connectivity index is 1.57. The van der Waals surface area contributed by atoms with E-state index in [1.807, 2.05) is 18.2 Å². The quantitative estimate of drug-likeness (QED) is 0.858. The molecule has 0 aliphatic carbocycles. The number of nitrogens with one attached hydrogen (secondary N) is 1. The van der Waals surface area contributed by atoms with Crippen molar-refractivity contribution in [2.45, 2.75) is 13.0 Å². The fourth-order valence-electron chi connectivity index (χ4n) is 3.30. The molecular formula is C16H22N2O4S. The number of benzene rings is 1. The number of ether oxygens (including phenoxy) is 1. The van der Waals surface area contributed by atoms with Crippen molar-refractivity contribution in [2.24, 2.45) is 11.8 Å². The van der Waals surface area contributed by atoms with Gasteiger partial charge in [0.05, 0.1) is 18.5 Å². The molecule has 0 saturated carbocycles. The summed E-state index contributed by atoms with van der Waals surface area (Å²) < 4.78 is 31.2. The summed E-state index contributed by atoms with van der Waals surface area (Å²) in [6.07, 6.45) is -0.0463. The second kappa shape index (κ2) is 6.59. The van der Waals surface area contributed by atoms with Crippen LogP contribution in [-0.4, -0.2) is 56.7 Å². The first-order chi connectivity index (χ1) is 11.0. The number of fused-ring (bicyclic) bond motifs is 1. The van der Waals surface area contributed by atoms with Crippen LogP contribution in [0.4, 0.5) is 0 Å². The largest absolute Gasteiger partial charge is 0.376 e. The highest BCUT2D eigenvalue weighted by Crippen LogP contribution is 2.34. The zero-order valence-electron chi connectivity index (χ0n) is 13.1. The number of sulfonamides is 1. The summed E-state index contributed by atoms with van der Waals surface area (Å²) in [5.74, 6) is 0.323. The topological polar surface area (TPSA) is 75.7 Å². The number of amides is 1. The normalized spacial score (nSPS) is 27.8. The van der Waals surface area contributed by atoms with Gasteiger partial charge in [0.1, 0.15) is 0 Å². The second-order valence-electron chi connectivity index (χ2n) is 6.09. The van der Waals surface area contributed by atoms with Gasteiger partial charge in [-0.05, 0) is 19.1 Å². The molecule has 3 atom stereocenters. The molecule has 2 fully saturated rings. The molecule has 126 valence electrons. The van der Waals surface area contributed by atoms with Crippen LogP contribution in [0.2, 0.25) is 0 Å². The fraction of sp³-hybridized carbons (Fsp3) is 0.562. The number of rotatable bonds is 5. The maximum absolute atomic E-state index is 12.1. The molecule has 0 unspecified atom stereocenters. The van der Waals surface area contributed by atoms with Crippen LogP contribution in [0.5, 0.6) is 0 Å². The number of hydrogen-bond donors (Lipinski definition) is 1. The van der Waals surface area contributed by atoms with Gasteiger partial charge in [-0.15, -0.1) is 0 Å². The van der Waals surface area contributed by atoms with Crippen molar-refractivity contribution in [3.8, 4) is 0 Å². The van der Waals surface area contributed by atoms with Crippen LogP contribution in [-0.2, 0) is 14.8 Å². The van der Waals surface area contributed by atoms with Crippen LogP contribution < -0.4 is 5.32 Å². The van der Waals surface area contributed by atoms with Crippen molar-refractivity contribution in [1.29, 1.82) is 0 Å². The van der Waals surface area contributed by atoms with E-state index in [4.69, 9.17) is 4.74 Å². The Morgan fingerprint density at radius 1 is 1.30 bits per heavy atom. The van der Waals surface area contributed by atoms with Gasteiger partial charge in [-0.3, -0.25) is 4.79 Å². The predicted molar refractivity (Wildman–Crippen MR) is 86.5 cm³/mol. The third-order valence-electron chi connectivity index (χ3n) is 4.72. The first kappa shape index (κ1) is 16.4. The van der Waals surface area contributed by atoms with E-state index in [0.717, 1.165) is 0 Å². The standard InChI is InChI=1S/C16H22N2O4S/c1-2-23(20,21)18-9-14-13(11-22-15(14)10-18)8-17-16(19)12-6-4-3-5-7-12/h3-7,13-15H,2,8-11H2,1H3,(H,17,19)/t13-,14+,15+/m0/s1. The highest BCUT2D eigenvalue weighted by molar-refractivity contribution is 7.89. The summed E-state index contributed by atoms with van der Waals surface area (Å²) in [5.41, 5.74) is 0.629. The van der Waals surface area contributed by atoms with E-state index in [0.29, 0.717) is 31.8 Å². The molecular weight excluding hydrogens is 316 g/mol. The molecule has 23 heavy (non-hydrogen) atoms. The van der Waals surface area contributed by atoms with Crippen molar-refractivity contribution < 1.29 is 17.9 Å². The molecule has 3 rings (SSSR count). The van der Waals surface area contributed by atoms with E-state index in [9.17, 15) is 13.2 Å². The van der Waals surface area contributed by atoms with Gasteiger partial charge in [0.2, 0.25) is 10.0 Å². The summed E-state index contributed by atoms with van der Waals surface area (Å²) in [6.45, 7) is 3.66. The minimum absolute atomic E-state index is 0.0463. The fourth-order valence-corrected chi connectivity index (χ4v) is 4.44. The van der Waals surface area contributed by atoms with Crippen molar-refractivity contribution in [2.75, 3.05) is 32.0 Å². The third-order valence-corrected chi connectivity index (χ3v) is 6.54. The van der Waals surface area contributed by atoms with Crippen molar-refractivity contribution in [1.82, 2.24) is 9.62 Å². The molecule has 1 N–H and O–H groups in total. The van der Waals surface area contributed by atoms with Crippen molar-refractivity contribution in [3.63, 3.8) is 0 Å². The smallest absolute Gasteiger partial charge is 0.251 e. The molecule has 2 saturated heterocycles. The lowest BCUT2D eigenvalue weighted by Crippen LogP contribution is -2.35. The van der Waals surface area contributed by atoms with Gasteiger partial charge in [0, 0.05) is 37.0 Å². The average molecular weight is 338 g/mol. The maximum Gasteiger partial charge on any atom is 0.251 e. The average Bonchev–Trinajstić information content (AvgIpc) is 3.15. The molecule has 0 aromatic heterocycles. The van der Waals surface area contributed by atoms with E-state index < -0.39 is 10.0 Å². The Kier molecular flexibility index (Phi) is 4.70. The number of nitrogens with zero attached hydrogens (tertiary/aromatic N) is 1. The van der Waals surface area contributed by atoms with Crippen molar-refractivity contribution in [3.05, 3.63) is 35.9 Å². The number of carbonyl (C=O) groups excluding carboxylic acids is 1. The molecule has 1 amide bonds. The Hall–Kier alpha value is -1.44. The highest BCUT2D eigenvalue weighted by Gasteiger charge is 2.46. The van der Waals surface area contributed by atoms with Gasteiger partial charge in [-0.25, -0.2) is 8.42 Å². The lowest BCUT2D eigenvalue weighted by molar-refractivity contribution is 0.0932. The highest BCUT2D eigenvalue weighted by atomic mass is 32.2. The van der Waals surface area contributed by atoms with Crippen LogP contribution >= 0.6 is 0 Å². The zero-order chi connectivity index (χ0) is 16.4. The van der Waals surface area contributed by atoms with Crippen LogP contribution in [0.25, 0.3) is 0 Å². The van der Waals surface area contributed by atoms with Crippen LogP contribution in [0.1, 0.15) is 17.3 Å². The second-order valence-corrected chi connectivity index (χ2v) is 8.35. The predicted octanol–water partition coefficient (Wildman–Crippen LogP) is 0.713. The van der Waals surface area contributed by atoms with Gasteiger partial charge < -0.3 is 10.1 Å². The molecule has 2 heterocycles. The lowest BCUT2D eigenvalue weighted by atomic mass is 9.93. The van der Waals surface area contributed by atoms with E-state index in [2.05, 4.69) is 5.32 Å². The summed E-state index contributed by atoms with van der Waals surface area (Å²) in [6, 6.07) is 9.07. The molecule has 7 heteroatoms. The van der Waals surface area contributed by atoms with E-state index in [1.165, 1.54) is 4.31 Å². The molecule has 2 aliphatic rings. The Morgan fingerprint density at radius 3 is 2.74 bits per heavy atom. The molecule has 6 nitrogen and oxygen atoms in total. The van der Waals surface area contributed by atoms with E-state index >= 15 is 0 Å². The van der Waals surface area contributed by atoms with Crippen molar-refractivity contribution >= 4 is 15.9 Å². The third kappa shape index (κ3) is 3.41. The van der Waals surface area contributed by atoms with Gasteiger partial charge in [0.15, 0.2) is 0 Å². The summed E-state index contributed by atoms with van der Waals surface area (Å²) in [4.78, 5) is 12.1. The van der Waals surface area contributed by atoms with E-state index in [-0.39, 0.29) is 29.6 Å². The Bertz CT molecular complexity index is 662. The molecule has 1 aromatic rings. The molecule has 0 radical (unpaired) electrons. The number of carbonyl (C=O) groups is 1. The minimum Gasteiger partial charge on any atom is -0.376 e. The lowest BCUT2D eigenvalue weighted by Gasteiger charge is -2.19. The first-order valence-corrected chi connectivity index (χ1v) is 9.55. The summed E-state index contributed by atoms with van der Waals surface area (Å²) in [7, 11) is -3.17. The van der Waals surface area contributed by atoms with Gasteiger partial charge >= 0.3 is 0 Å². The van der Waals surface area contributed by atoms with Crippen LogP contribution in [0.15, 0.2) is 30.3 Å². The first-order valence-electron chi connectivity index (χ1n) is 7.94. The summed E-state index contributed by atoms with van der Waals surface area (Å²) in [5, 5.41) is 2.93. The van der Waals surface area contributed by atoms with E-state index in [1.54, 1.807) is 19.1 Å². The van der Waals surface area contributed by atoms with Crippen LogP contribution in [0.3, 0.4) is 0 Å². The van der Waals surface area contributed by atoms with Crippen LogP contribution in [0, 0.1) is 11.8 Å². The Labute approximate surface area is 136 Å².